The molecule has 1 aromatic rings. The Balaban J connectivity index is 2.35. The molecule has 1 aliphatic rings. The topological polar surface area (TPSA) is 64.6 Å². The fourth-order valence-corrected chi connectivity index (χ4v) is 2.74. The minimum absolute atomic E-state index is 0.00407. The van der Waals surface area contributed by atoms with Crippen molar-refractivity contribution in [3.8, 4) is 11.5 Å². The number of hydrogen-bond donors (Lipinski definition) is 1. The Morgan fingerprint density at radius 2 is 2.14 bits per heavy atom. The van der Waals surface area contributed by atoms with E-state index in [0.29, 0.717) is 27.0 Å². The van der Waals surface area contributed by atoms with Gasteiger partial charge in [-0.15, -0.1) is 0 Å². The van der Waals surface area contributed by atoms with Gasteiger partial charge in [-0.2, -0.15) is 0 Å². The lowest BCUT2D eigenvalue weighted by Crippen LogP contribution is -2.17. The van der Waals surface area contributed by atoms with Gasteiger partial charge in [-0.25, -0.2) is 0 Å². The van der Waals surface area contributed by atoms with Crippen molar-refractivity contribution in [2.24, 2.45) is 0 Å². The van der Waals surface area contributed by atoms with Gasteiger partial charge in [-0.1, -0.05) is 18.5 Å². The first-order valence-corrected chi connectivity index (χ1v) is 7.93. The smallest absolute Gasteiger partial charge is 0.290 e. The average molecular weight is 342 g/mol. The number of carbonyl (C=O) groups excluding carboxylic acids is 2. The summed E-state index contributed by atoms with van der Waals surface area (Å²) in [6.45, 7) is 3.95. The Bertz CT molecular complexity index is 645. The largest absolute Gasteiger partial charge is 0.493 e. The van der Waals surface area contributed by atoms with Gasteiger partial charge in [0.25, 0.3) is 11.1 Å². The molecule has 1 saturated heterocycles. The third-order valence-corrected chi connectivity index (χ3v) is 4.18. The first-order valence-electron chi connectivity index (χ1n) is 6.73. The van der Waals surface area contributed by atoms with Crippen LogP contribution in [0.5, 0.6) is 11.5 Å². The second kappa shape index (κ2) is 7.07. The van der Waals surface area contributed by atoms with Crippen LogP contribution in [0, 0.1) is 0 Å². The third kappa shape index (κ3) is 3.75. The van der Waals surface area contributed by atoms with Gasteiger partial charge in [0.05, 0.1) is 23.1 Å². The molecule has 0 radical (unpaired) electrons. The maximum Gasteiger partial charge on any atom is 0.290 e. The Hall–Kier alpha value is -1.66. The maximum atomic E-state index is 11.6. The summed E-state index contributed by atoms with van der Waals surface area (Å²) >= 11 is 7.11. The van der Waals surface area contributed by atoms with E-state index in [1.165, 1.54) is 7.11 Å². The third-order valence-electron chi connectivity index (χ3n) is 3.09. The fraction of sp³-hybridized carbons (Fsp3) is 0.333. The molecule has 1 atom stereocenters. The zero-order valence-corrected chi connectivity index (χ0v) is 14.0. The van der Waals surface area contributed by atoms with Crippen molar-refractivity contribution in [1.82, 2.24) is 5.32 Å². The number of benzene rings is 1. The minimum Gasteiger partial charge on any atom is -0.493 e. The lowest BCUT2D eigenvalue weighted by molar-refractivity contribution is -0.115. The van der Waals surface area contributed by atoms with E-state index in [0.717, 1.165) is 18.2 Å². The SMILES string of the molecule is CC[C@@H](C)Oc1c(Cl)cc(/C=C2/SC(=O)NC2=O)cc1OC. The molecule has 5 nitrogen and oxygen atoms in total. The molecule has 0 saturated carbocycles. The average Bonchev–Trinajstić information content (AvgIpc) is 2.79. The summed E-state index contributed by atoms with van der Waals surface area (Å²) in [5, 5.41) is 2.21. The van der Waals surface area contributed by atoms with Crippen LogP contribution >= 0.6 is 23.4 Å². The second-order valence-corrected chi connectivity index (χ2v) is 6.15. The summed E-state index contributed by atoms with van der Waals surface area (Å²) in [6, 6.07) is 3.39. The number of nitrogens with one attached hydrogen (secondary N) is 1. The molecule has 0 spiro atoms. The predicted octanol–water partition coefficient (Wildman–Crippen LogP) is 3.85. The summed E-state index contributed by atoms with van der Waals surface area (Å²) < 4.78 is 11.1. The van der Waals surface area contributed by atoms with Crippen LogP contribution in [0.15, 0.2) is 17.0 Å². The molecule has 1 heterocycles. The first-order chi connectivity index (χ1) is 10.4. The van der Waals surface area contributed by atoms with E-state index in [1.807, 2.05) is 13.8 Å². The van der Waals surface area contributed by atoms with Gasteiger partial charge in [0, 0.05) is 0 Å². The van der Waals surface area contributed by atoms with Crippen LogP contribution in [-0.2, 0) is 4.79 Å². The number of hydrogen-bond acceptors (Lipinski definition) is 5. The number of rotatable bonds is 5. The van der Waals surface area contributed by atoms with Gasteiger partial charge in [0.1, 0.15) is 0 Å². The minimum atomic E-state index is -0.412. The summed E-state index contributed by atoms with van der Waals surface area (Å²) in [5.41, 5.74) is 0.658. The molecule has 1 N–H and O–H groups in total. The molecule has 2 rings (SSSR count). The van der Waals surface area contributed by atoms with Crippen molar-refractivity contribution in [3.05, 3.63) is 27.6 Å². The first kappa shape index (κ1) is 16.7. The van der Waals surface area contributed by atoms with Crippen molar-refractivity contribution in [2.75, 3.05) is 7.11 Å². The zero-order chi connectivity index (χ0) is 16.3. The number of carbonyl (C=O) groups is 2. The number of imide groups is 1. The van der Waals surface area contributed by atoms with E-state index in [-0.39, 0.29) is 11.3 Å². The second-order valence-electron chi connectivity index (χ2n) is 4.72. The Labute approximate surface area is 138 Å². The number of halogens is 1. The van der Waals surface area contributed by atoms with Crippen molar-refractivity contribution in [2.45, 2.75) is 26.4 Å². The molecule has 22 heavy (non-hydrogen) atoms. The quantitative estimate of drug-likeness (QED) is 0.824. The predicted molar refractivity (Wildman–Crippen MR) is 87.5 cm³/mol. The summed E-state index contributed by atoms with van der Waals surface area (Å²) in [6.07, 6.45) is 2.43. The number of amides is 2. The molecule has 1 aliphatic heterocycles. The van der Waals surface area contributed by atoms with Crippen molar-refractivity contribution in [3.63, 3.8) is 0 Å². The van der Waals surface area contributed by atoms with Crippen LogP contribution in [0.1, 0.15) is 25.8 Å². The molecule has 2 amide bonds. The highest BCUT2D eigenvalue weighted by Crippen LogP contribution is 2.38. The van der Waals surface area contributed by atoms with Crippen molar-refractivity contribution in [1.29, 1.82) is 0 Å². The monoisotopic (exact) mass is 341 g/mol. The Morgan fingerprint density at radius 1 is 1.41 bits per heavy atom. The normalized spacial score (nSPS) is 17.5. The highest BCUT2D eigenvalue weighted by atomic mass is 35.5. The van der Waals surface area contributed by atoms with Crippen LogP contribution in [0.25, 0.3) is 6.08 Å². The zero-order valence-electron chi connectivity index (χ0n) is 12.4. The van der Waals surface area contributed by atoms with Gasteiger partial charge in [-0.3, -0.25) is 14.9 Å². The summed E-state index contributed by atoms with van der Waals surface area (Å²) in [7, 11) is 1.52. The molecule has 0 aromatic heterocycles. The Morgan fingerprint density at radius 3 is 2.68 bits per heavy atom. The molecule has 1 fully saturated rings. The lowest BCUT2D eigenvalue weighted by Gasteiger charge is -2.17. The van der Waals surface area contributed by atoms with Crippen LogP contribution in [0.3, 0.4) is 0 Å². The Kier molecular flexibility index (Phi) is 5.37. The molecule has 118 valence electrons. The van der Waals surface area contributed by atoms with E-state index in [4.69, 9.17) is 21.1 Å². The molecule has 7 heteroatoms. The number of methoxy groups -OCH3 is 1. The molecule has 0 unspecified atom stereocenters. The number of thioether (sulfide) groups is 1. The number of ether oxygens (including phenoxy) is 2. The standard InChI is InChI=1S/C15H16ClNO4S/c1-4-8(2)21-13-10(16)5-9(6-11(13)20-3)7-12-14(18)17-15(19)22-12/h5-8H,4H2,1-3H3,(H,17,18,19)/b12-7+/t8-/m1/s1. The van der Waals surface area contributed by atoms with Crippen LogP contribution < -0.4 is 14.8 Å². The molecule has 0 aliphatic carbocycles. The van der Waals surface area contributed by atoms with E-state index < -0.39 is 5.91 Å². The van der Waals surface area contributed by atoms with Gasteiger partial charge < -0.3 is 9.47 Å². The fourth-order valence-electron chi connectivity index (χ4n) is 1.79. The molecular weight excluding hydrogens is 326 g/mol. The molecule has 0 bridgehead atoms. The van der Waals surface area contributed by atoms with Gasteiger partial charge in [-0.05, 0) is 48.9 Å². The highest BCUT2D eigenvalue weighted by Gasteiger charge is 2.25. The van der Waals surface area contributed by atoms with Crippen LogP contribution in [0.2, 0.25) is 5.02 Å². The van der Waals surface area contributed by atoms with Crippen molar-refractivity contribution >= 4 is 40.6 Å². The highest BCUT2D eigenvalue weighted by molar-refractivity contribution is 8.18. The van der Waals surface area contributed by atoms with E-state index in [9.17, 15) is 9.59 Å². The van der Waals surface area contributed by atoms with E-state index >= 15 is 0 Å². The lowest BCUT2D eigenvalue weighted by atomic mass is 10.1. The van der Waals surface area contributed by atoms with Gasteiger partial charge in [0.2, 0.25) is 0 Å². The summed E-state index contributed by atoms with van der Waals surface area (Å²) in [5.74, 6) is 0.541. The van der Waals surface area contributed by atoms with Gasteiger partial charge in [0.15, 0.2) is 11.5 Å². The van der Waals surface area contributed by atoms with E-state index in [1.54, 1.807) is 18.2 Å². The summed E-state index contributed by atoms with van der Waals surface area (Å²) in [4.78, 5) is 23.1. The molecular formula is C15H16ClNO4S. The van der Waals surface area contributed by atoms with E-state index in [2.05, 4.69) is 5.32 Å². The van der Waals surface area contributed by atoms with Crippen molar-refractivity contribution < 1.29 is 19.1 Å². The van der Waals surface area contributed by atoms with Crippen LogP contribution in [0.4, 0.5) is 4.79 Å². The van der Waals surface area contributed by atoms with Gasteiger partial charge >= 0.3 is 0 Å². The molecule has 1 aromatic carbocycles. The van der Waals surface area contributed by atoms with Crippen LogP contribution in [-0.4, -0.2) is 24.4 Å². The maximum absolute atomic E-state index is 11.6.